The van der Waals surface area contributed by atoms with Crippen molar-refractivity contribution in [3.05, 3.63) is 69.2 Å². The number of aliphatic hydroxyl groups excluding tert-OH is 1. The third kappa shape index (κ3) is 5.05. The van der Waals surface area contributed by atoms with Gasteiger partial charge in [0.25, 0.3) is 11.7 Å². The highest BCUT2D eigenvalue weighted by atomic mass is 79.9. The lowest BCUT2D eigenvalue weighted by Crippen LogP contribution is -2.32. The Morgan fingerprint density at radius 3 is 2.56 bits per heavy atom. The Labute approximate surface area is 197 Å². The van der Waals surface area contributed by atoms with Gasteiger partial charge >= 0.3 is 0 Å². The Balaban J connectivity index is 2.09. The van der Waals surface area contributed by atoms with Crippen molar-refractivity contribution in [2.24, 2.45) is 5.92 Å². The Morgan fingerprint density at radius 1 is 1.19 bits per heavy atom. The fourth-order valence-corrected chi connectivity index (χ4v) is 4.14. The van der Waals surface area contributed by atoms with Crippen LogP contribution < -0.4 is 4.74 Å². The predicted molar refractivity (Wildman–Crippen MR) is 127 cm³/mol. The summed E-state index contributed by atoms with van der Waals surface area (Å²) < 4.78 is 11.7. The molecule has 7 heteroatoms. The Bertz CT molecular complexity index is 1050. The average molecular weight is 502 g/mol. The lowest BCUT2D eigenvalue weighted by Gasteiger charge is -2.25. The van der Waals surface area contributed by atoms with E-state index in [1.165, 1.54) is 12.0 Å². The number of ketones is 1. The number of methoxy groups -OCH3 is 1. The molecule has 0 bridgehead atoms. The second kappa shape index (κ2) is 10.3. The van der Waals surface area contributed by atoms with E-state index in [9.17, 15) is 14.7 Å². The fourth-order valence-electron chi connectivity index (χ4n) is 3.72. The SMILES string of the molecule is COCCN1C(=O)C(=O)C(=C(O)c2ccc(OCC(C)C)cc2C)[C@@H]1c1cccc(Br)c1. The standard InChI is InChI=1S/C25H28BrNO5/c1-15(2)14-32-19-8-9-20(16(3)12-19)23(28)21-22(17-6-5-7-18(26)13-17)27(10-11-31-4)25(30)24(21)29/h5-9,12-13,15,22,28H,10-11,14H2,1-4H3/t22-/m0/s1. The third-order valence-corrected chi connectivity index (χ3v) is 5.77. The number of aryl methyl sites for hydroxylation is 1. The first-order valence-electron chi connectivity index (χ1n) is 10.5. The topological polar surface area (TPSA) is 76.1 Å². The molecule has 2 aromatic carbocycles. The van der Waals surface area contributed by atoms with Crippen LogP contribution in [0.1, 0.15) is 36.6 Å². The number of halogens is 1. The van der Waals surface area contributed by atoms with E-state index >= 15 is 0 Å². The number of benzene rings is 2. The Morgan fingerprint density at radius 2 is 1.94 bits per heavy atom. The summed E-state index contributed by atoms with van der Waals surface area (Å²) in [6, 6.07) is 12.0. The average Bonchev–Trinajstić information content (AvgIpc) is 3.00. The second-order valence-corrected chi connectivity index (χ2v) is 9.14. The first-order chi connectivity index (χ1) is 15.2. The number of likely N-dealkylation sites (tertiary alicyclic amines) is 1. The highest BCUT2D eigenvalue weighted by Crippen LogP contribution is 2.40. The van der Waals surface area contributed by atoms with E-state index in [-0.39, 0.29) is 24.5 Å². The van der Waals surface area contributed by atoms with E-state index in [0.717, 1.165) is 15.6 Å². The van der Waals surface area contributed by atoms with Crippen LogP contribution in [0.2, 0.25) is 0 Å². The summed E-state index contributed by atoms with van der Waals surface area (Å²) in [4.78, 5) is 27.3. The summed E-state index contributed by atoms with van der Waals surface area (Å²) in [6.07, 6.45) is 0. The highest BCUT2D eigenvalue weighted by molar-refractivity contribution is 9.10. The van der Waals surface area contributed by atoms with Gasteiger partial charge in [-0.15, -0.1) is 0 Å². The number of carbonyl (C=O) groups excluding carboxylic acids is 2. The molecule has 0 aliphatic carbocycles. The van der Waals surface area contributed by atoms with Crippen LogP contribution in [0, 0.1) is 12.8 Å². The molecule has 2 aromatic rings. The first kappa shape index (κ1) is 24.0. The summed E-state index contributed by atoms with van der Waals surface area (Å²) in [6.45, 7) is 7.06. The zero-order valence-electron chi connectivity index (χ0n) is 18.7. The minimum atomic E-state index is -0.709. The minimum absolute atomic E-state index is 0.0724. The second-order valence-electron chi connectivity index (χ2n) is 8.22. The lowest BCUT2D eigenvalue weighted by atomic mass is 9.94. The van der Waals surface area contributed by atoms with Gasteiger partial charge in [-0.05, 0) is 54.3 Å². The zero-order valence-corrected chi connectivity index (χ0v) is 20.3. The number of rotatable bonds is 8. The first-order valence-corrected chi connectivity index (χ1v) is 11.3. The van der Waals surface area contributed by atoms with Crippen LogP contribution in [0.3, 0.4) is 0 Å². The van der Waals surface area contributed by atoms with Crippen molar-refractivity contribution in [1.29, 1.82) is 0 Å². The molecule has 0 radical (unpaired) electrons. The van der Waals surface area contributed by atoms with E-state index in [0.29, 0.717) is 23.8 Å². The molecule has 1 aliphatic rings. The van der Waals surface area contributed by atoms with Crippen LogP contribution in [0.15, 0.2) is 52.5 Å². The molecule has 0 spiro atoms. The van der Waals surface area contributed by atoms with Crippen LogP contribution in [0.4, 0.5) is 0 Å². The summed E-state index contributed by atoms with van der Waals surface area (Å²) in [7, 11) is 1.54. The summed E-state index contributed by atoms with van der Waals surface area (Å²) in [5, 5.41) is 11.2. The van der Waals surface area contributed by atoms with Gasteiger partial charge in [0.2, 0.25) is 0 Å². The van der Waals surface area contributed by atoms with Gasteiger partial charge in [-0.1, -0.05) is 41.9 Å². The van der Waals surface area contributed by atoms with Crippen LogP contribution in [0.5, 0.6) is 5.75 Å². The smallest absolute Gasteiger partial charge is 0.295 e. The van der Waals surface area contributed by atoms with Gasteiger partial charge in [0.05, 0.1) is 24.8 Å². The van der Waals surface area contributed by atoms with Crippen molar-refractivity contribution in [2.45, 2.75) is 26.8 Å². The maximum Gasteiger partial charge on any atom is 0.295 e. The summed E-state index contributed by atoms with van der Waals surface area (Å²) in [5.41, 5.74) is 2.04. The van der Waals surface area contributed by atoms with Crippen LogP contribution >= 0.6 is 15.9 Å². The molecule has 1 saturated heterocycles. The van der Waals surface area contributed by atoms with E-state index in [1.54, 1.807) is 12.1 Å². The van der Waals surface area contributed by atoms with E-state index < -0.39 is 17.7 Å². The monoisotopic (exact) mass is 501 g/mol. The summed E-state index contributed by atoms with van der Waals surface area (Å²) >= 11 is 3.45. The number of aliphatic hydroxyl groups is 1. The molecule has 1 aliphatic heterocycles. The number of Topliss-reactive ketones (excluding diaryl/α,β-unsaturated/α-hetero) is 1. The zero-order chi connectivity index (χ0) is 23.4. The largest absolute Gasteiger partial charge is 0.507 e. The number of nitrogens with zero attached hydrogens (tertiary/aromatic N) is 1. The lowest BCUT2D eigenvalue weighted by molar-refractivity contribution is -0.140. The number of hydrogen-bond acceptors (Lipinski definition) is 5. The molecule has 1 atom stereocenters. The predicted octanol–water partition coefficient (Wildman–Crippen LogP) is 4.86. The van der Waals surface area contributed by atoms with Crippen LogP contribution in [0.25, 0.3) is 5.76 Å². The number of hydrogen-bond donors (Lipinski definition) is 1. The number of carbonyl (C=O) groups is 2. The molecule has 1 amide bonds. The normalized spacial score (nSPS) is 17.9. The van der Waals surface area contributed by atoms with Crippen molar-refractivity contribution in [3.8, 4) is 5.75 Å². The molecule has 1 heterocycles. The molecule has 32 heavy (non-hydrogen) atoms. The maximum absolute atomic E-state index is 13.0. The molecule has 3 rings (SSSR count). The molecule has 6 nitrogen and oxygen atoms in total. The van der Waals surface area contributed by atoms with E-state index in [4.69, 9.17) is 9.47 Å². The molecule has 0 saturated carbocycles. The summed E-state index contributed by atoms with van der Waals surface area (Å²) in [5.74, 6) is -0.471. The van der Waals surface area contributed by atoms with Crippen molar-refractivity contribution in [1.82, 2.24) is 4.90 Å². The molecule has 170 valence electrons. The van der Waals surface area contributed by atoms with Gasteiger partial charge < -0.3 is 19.5 Å². The van der Waals surface area contributed by atoms with Crippen molar-refractivity contribution < 1.29 is 24.2 Å². The van der Waals surface area contributed by atoms with Gasteiger partial charge in [0, 0.05) is 23.7 Å². The van der Waals surface area contributed by atoms with Crippen molar-refractivity contribution in [2.75, 3.05) is 26.9 Å². The number of amides is 1. The molecule has 1 fully saturated rings. The van der Waals surface area contributed by atoms with Crippen LogP contribution in [-0.2, 0) is 14.3 Å². The van der Waals surface area contributed by atoms with E-state index in [2.05, 4.69) is 29.8 Å². The highest BCUT2D eigenvalue weighted by Gasteiger charge is 2.46. The minimum Gasteiger partial charge on any atom is -0.507 e. The Kier molecular flexibility index (Phi) is 7.74. The number of ether oxygens (including phenoxy) is 2. The van der Waals surface area contributed by atoms with Crippen molar-refractivity contribution in [3.63, 3.8) is 0 Å². The quantitative estimate of drug-likeness (QED) is 0.317. The van der Waals surface area contributed by atoms with Gasteiger partial charge in [-0.25, -0.2) is 0 Å². The fraction of sp³-hybridized carbons (Fsp3) is 0.360. The molecular formula is C25H28BrNO5. The van der Waals surface area contributed by atoms with Gasteiger partial charge in [0.15, 0.2) is 0 Å². The van der Waals surface area contributed by atoms with Gasteiger partial charge in [0.1, 0.15) is 11.5 Å². The van der Waals surface area contributed by atoms with Gasteiger partial charge in [-0.3, -0.25) is 9.59 Å². The molecule has 1 N–H and O–H groups in total. The van der Waals surface area contributed by atoms with Crippen molar-refractivity contribution >= 4 is 33.4 Å². The van der Waals surface area contributed by atoms with E-state index in [1.807, 2.05) is 37.3 Å². The maximum atomic E-state index is 13.0. The molecular weight excluding hydrogens is 474 g/mol. The molecule has 0 unspecified atom stereocenters. The Hall–Kier alpha value is -2.64. The third-order valence-electron chi connectivity index (χ3n) is 5.28. The van der Waals surface area contributed by atoms with Crippen LogP contribution in [-0.4, -0.2) is 48.6 Å². The molecule has 0 aromatic heterocycles. The van der Waals surface area contributed by atoms with Gasteiger partial charge in [-0.2, -0.15) is 0 Å².